The number of anilines is 1. The lowest BCUT2D eigenvalue weighted by Gasteiger charge is -2.32. The number of carbonyl (C=O) groups is 2. The van der Waals surface area contributed by atoms with E-state index in [2.05, 4.69) is 21.2 Å². The van der Waals surface area contributed by atoms with E-state index in [1.807, 2.05) is 0 Å². The Morgan fingerprint density at radius 3 is 2.22 bits per heavy atom. The summed E-state index contributed by atoms with van der Waals surface area (Å²) in [5.41, 5.74) is 0.469. The van der Waals surface area contributed by atoms with Gasteiger partial charge in [-0.1, -0.05) is 58.4 Å². The molecule has 0 aromatic heterocycles. The van der Waals surface area contributed by atoms with E-state index in [1.165, 1.54) is 42.2 Å². The highest BCUT2D eigenvalue weighted by atomic mass is 79.9. The molecule has 0 aliphatic rings. The molecule has 3 aromatic carbocycles. The van der Waals surface area contributed by atoms with Crippen molar-refractivity contribution >= 4 is 43.5 Å². The molecule has 3 aromatic rings. The molecule has 0 aliphatic heterocycles. The second-order valence-corrected chi connectivity index (χ2v) is 11.5. The van der Waals surface area contributed by atoms with Gasteiger partial charge in [0.05, 0.1) is 10.6 Å². The minimum absolute atomic E-state index is 0.00836. The van der Waals surface area contributed by atoms with Crippen molar-refractivity contribution in [1.29, 1.82) is 0 Å². The van der Waals surface area contributed by atoms with Gasteiger partial charge in [0.1, 0.15) is 18.4 Å². The molecule has 2 amide bonds. The average Bonchev–Trinajstić information content (AvgIpc) is 2.86. The van der Waals surface area contributed by atoms with Crippen molar-refractivity contribution in [3.8, 4) is 0 Å². The van der Waals surface area contributed by atoms with Crippen LogP contribution in [0.5, 0.6) is 0 Å². The van der Waals surface area contributed by atoms with Crippen molar-refractivity contribution in [2.45, 2.75) is 44.3 Å². The van der Waals surface area contributed by atoms with Gasteiger partial charge in [0, 0.05) is 22.6 Å². The van der Waals surface area contributed by atoms with Gasteiger partial charge in [-0.05, 0) is 57.2 Å². The third-order valence-corrected chi connectivity index (χ3v) is 7.88. The van der Waals surface area contributed by atoms with Crippen LogP contribution in [0.2, 0.25) is 0 Å². The van der Waals surface area contributed by atoms with E-state index in [-0.39, 0.29) is 28.7 Å². The van der Waals surface area contributed by atoms with E-state index in [4.69, 9.17) is 0 Å². The Morgan fingerprint density at radius 2 is 1.59 bits per heavy atom. The van der Waals surface area contributed by atoms with Gasteiger partial charge in [0.15, 0.2) is 0 Å². The molecule has 0 unspecified atom stereocenters. The zero-order chi connectivity index (χ0) is 27.2. The average molecular weight is 591 g/mol. The Kier molecular flexibility index (Phi) is 9.45. The molecule has 0 bridgehead atoms. The highest BCUT2D eigenvalue weighted by molar-refractivity contribution is 9.10. The quantitative estimate of drug-likeness (QED) is 0.370. The first-order chi connectivity index (χ1) is 17.5. The van der Waals surface area contributed by atoms with Crippen molar-refractivity contribution < 1.29 is 22.4 Å². The number of carbonyl (C=O) groups excluding carboxylic acids is 2. The molecular formula is C27H29BrFN3O4S. The third-order valence-electron chi connectivity index (χ3n) is 5.60. The van der Waals surface area contributed by atoms with Crippen molar-refractivity contribution in [2.75, 3.05) is 10.8 Å². The Labute approximate surface area is 225 Å². The molecule has 0 spiro atoms. The van der Waals surface area contributed by atoms with Crippen LogP contribution >= 0.6 is 15.9 Å². The van der Waals surface area contributed by atoms with Crippen LogP contribution in [-0.4, -0.2) is 43.8 Å². The minimum Gasteiger partial charge on any atom is -0.352 e. The van der Waals surface area contributed by atoms with E-state index in [0.29, 0.717) is 4.47 Å². The Morgan fingerprint density at radius 1 is 0.946 bits per heavy atom. The second-order valence-electron chi connectivity index (χ2n) is 8.76. The van der Waals surface area contributed by atoms with E-state index in [0.717, 1.165) is 4.31 Å². The normalized spacial score (nSPS) is 12.2. The van der Waals surface area contributed by atoms with Gasteiger partial charge in [-0.15, -0.1) is 0 Å². The Hall–Kier alpha value is -3.24. The molecule has 0 saturated heterocycles. The van der Waals surface area contributed by atoms with E-state index >= 15 is 0 Å². The lowest BCUT2D eigenvalue weighted by Crippen LogP contribution is -2.52. The molecule has 196 valence electrons. The number of sulfonamides is 1. The first-order valence-electron chi connectivity index (χ1n) is 11.7. The maximum Gasteiger partial charge on any atom is 0.264 e. The summed E-state index contributed by atoms with van der Waals surface area (Å²) in [5.74, 6) is -1.62. The van der Waals surface area contributed by atoms with Gasteiger partial charge in [0.2, 0.25) is 11.8 Å². The van der Waals surface area contributed by atoms with E-state index < -0.39 is 40.2 Å². The van der Waals surface area contributed by atoms with Gasteiger partial charge in [0.25, 0.3) is 10.0 Å². The third kappa shape index (κ3) is 7.17. The van der Waals surface area contributed by atoms with Gasteiger partial charge in [-0.25, -0.2) is 12.8 Å². The van der Waals surface area contributed by atoms with Crippen LogP contribution in [0, 0.1) is 5.82 Å². The SMILES string of the molecule is CC(C)NC(=O)[C@H](C)N(Cc1ccccc1F)C(=O)CN(c1cccc(Br)c1)S(=O)(=O)c1ccccc1. The zero-order valence-electron chi connectivity index (χ0n) is 20.8. The fraction of sp³-hybridized carbons (Fsp3) is 0.259. The van der Waals surface area contributed by atoms with Crippen LogP contribution in [0.15, 0.2) is 88.2 Å². The van der Waals surface area contributed by atoms with Crippen molar-refractivity contribution in [3.05, 3.63) is 94.7 Å². The number of nitrogens with one attached hydrogen (secondary N) is 1. The summed E-state index contributed by atoms with van der Waals surface area (Å²) in [6.07, 6.45) is 0. The predicted octanol–water partition coefficient (Wildman–Crippen LogP) is 4.73. The molecule has 3 rings (SSSR count). The van der Waals surface area contributed by atoms with Crippen molar-refractivity contribution in [1.82, 2.24) is 10.2 Å². The maximum absolute atomic E-state index is 14.5. The zero-order valence-corrected chi connectivity index (χ0v) is 23.2. The fourth-order valence-corrected chi connectivity index (χ4v) is 5.49. The van der Waals surface area contributed by atoms with Gasteiger partial charge in [-0.2, -0.15) is 0 Å². The van der Waals surface area contributed by atoms with Crippen LogP contribution in [0.25, 0.3) is 0 Å². The number of hydrogen-bond donors (Lipinski definition) is 1. The van der Waals surface area contributed by atoms with Gasteiger partial charge >= 0.3 is 0 Å². The van der Waals surface area contributed by atoms with E-state index in [1.54, 1.807) is 62.4 Å². The molecule has 37 heavy (non-hydrogen) atoms. The van der Waals surface area contributed by atoms with Gasteiger partial charge in [-0.3, -0.25) is 13.9 Å². The Bertz CT molecular complexity index is 1350. The highest BCUT2D eigenvalue weighted by Crippen LogP contribution is 2.27. The standard InChI is InChI=1S/C27H29BrFN3O4S/c1-19(2)30-27(34)20(3)31(17-21-10-7-8-15-25(21)29)26(33)18-32(23-12-9-11-22(28)16-23)37(35,36)24-13-5-4-6-14-24/h4-16,19-20H,17-18H2,1-3H3,(H,30,34)/t20-/m0/s1. The summed E-state index contributed by atoms with van der Waals surface area (Å²) < 4.78 is 43.5. The summed E-state index contributed by atoms with van der Waals surface area (Å²) in [4.78, 5) is 27.8. The summed E-state index contributed by atoms with van der Waals surface area (Å²) >= 11 is 3.35. The van der Waals surface area contributed by atoms with Crippen LogP contribution in [0.4, 0.5) is 10.1 Å². The van der Waals surface area contributed by atoms with E-state index in [9.17, 15) is 22.4 Å². The van der Waals surface area contributed by atoms with Crippen molar-refractivity contribution in [2.24, 2.45) is 0 Å². The lowest BCUT2D eigenvalue weighted by molar-refractivity contribution is -0.139. The number of benzene rings is 3. The number of nitrogens with zero attached hydrogens (tertiary/aromatic N) is 2. The van der Waals surface area contributed by atoms with Crippen LogP contribution in [0.3, 0.4) is 0 Å². The van der Waals surface area contributed by atoms with Crippen molar-refractivity contribution in [3.63, 3.8) is 0 Å². The molecular weight excluding hydrogens is 561 g/mol. The van der Waals surface area contributed by atoms with Crippen LogP contribution in [-0.2, 0) is 26.2 Å². The first kappa shape index (κ1) is 28.3. The summed E-state index contributed by atoms with van der Waals surface area (Å²) in [7, 11) is -4.16. The maximum atomic E-state index is 14.5. The molecule has 7 nitrogen and oxygen atoms in total. The van der Waals surface area contributed by atoms with Crippen LogP contribution < -0.4 is 9.62 Å². The summed E-state index contributed by atoms with van der Waals surface area (Å²) in [5, 5.41) is 2.76. The lowest BCUT2D eigenvalue weighted by atomic mass is 10.1. The molecule has 0 aliphatic carbocycles. The minimum atomic E-state index is -4.16. The first-order valence-corrected chi connectivity index (χ1v) is 13.9. The largest absolute Gasteiger partial charge is 0.352 e. The number of rotatable bonds is 10. The predicted molar refractivity (Wildman–Crippen MR) is 145 cm³/mol. The Balaban J connectivity index is 2.03. The molecule has 10 heteroatoms. The highest BCUT2D eigenvalue weighted by Gasteiger charge is 2.33. The summed E-state index contributed by atoms with van der Waals surface area (Å²) in [6.45, 7) is 4.30. The topological polar surface area (TPSA) is 86.8 Å². The smallest absolute Gasteiger partial charge is 0.264 e. The molecule has 0 fully saturated rings. The summed E-state index contributed by atoms with van der Waals surface area (Å²) in [6, 6.07) is 19.1. The number of hydrogen-bond acceptors (Lipinski definition) is 4. The number of halogens is 2. The molecule has 1 atom stereocenters. The fourth-order valence-electron chi connectivity index (χ4n) is 3.68. The molecule has 0 saturated carbocycles. The van der Waals surface area contributed by atoms with Crippen LogP contribution in [0.1, 0.15) is 26.3 Å². The monoisotopic (exact) mass is 589 g/mol. The van der Waals surface area contributed by atoms with Gasteiger partial charge < -0.3 is 10.2 Å². The number of amides is 2. The molecule has 1 N–H and O–H groups in total. The molecule has 0 radical (unpaired) electrons. The molecule has 0 heterocycles. The second kappa shape index (κ2) is 12.3.